The number of allylic oxidation sites excluding steroid dienone is 2. The maximum absolute atomic E-state index is 11.4. The van der Waals surface area contributed by atoms with Crippen molar-refractivity contribution in [2.75, 3.05) is 6.54 Å². The van der Waals surface area contributed by atoms with E-state index >= 15 is 0 Å². The van der Waals surface area contributed by atoms with Crippen LogP contribution in [0, 0.1) is 22.7 Å². The molecule has 0 saturated carbocycles. The second-order valence-electron chi connectivity index (χ2n) is 2.73. The molecule has 0 aliphatic carbocycles. The summed E-state index contributed by atoms with van der Waals surface area (Å²) in [4.78, 5) is 12.8. The number of likely N-dealkylation sites (N-methyl/N-ethyl adjacent to an activating group) is 1. The quantitative estimate of drug-likeness (QED) is 0.577. The summed E-state index contributed by atoms with van der Waals surface area (Å²) in [6.45, 7) is 2.29. The normalized spacial score (nSPS) is 14.9. The zero-order valence-electron chi connectivity index (χ0n) is 7.82. The minimum absolute atomic E-state index is 0.0175. The Morgan fingerprint density at radius 1 is 1.57 bits per heavy atom. The van der Waals surface area contributed by atoms with Gasteiger partial charge in [-0.05, 0) is 13.0 Å². The number of hydrogen-bond acceptors (Lipinski definition) is 3. The van der Waals surface area contributed by atoms with Crippen molar-refractivity contribution < 1.29 is 4.79 Å². The number of carbonyl (C=O) groups is 1. The third-order valence-corrected chi connectivity index (χ3v) is 1.96. The van der Waals surface area contributed by atoms with Gasteiger partial charge in [-0.1, -0.05) is 6.08 Å². The number of carbonyl (C=O) groups excluding carboxylic acids is 1. The van der Waals surface area contributed by atoms with Gasteiger partial charge in [0.1, 0.15) is 12.1 Å². The molecule has 0 atom stereocenters. The molecule has 0 spiro atoms. The number of nitriles is 2. The Bertz CT molecular complexity index is 377. The first-order valence-corrected chi connectivity index (χ1v) is 4.26. The summed E-state index contributed by atoms with van der Waals surface area (Å²) in [7, 11) is 0. The summed E-state index contributed by atoms with van der Waals surface area (Å²) in [6.07, 6.45) is 3.65. The molecule has 0 bridgehead atoms. The van der Waals surface area contributed by atoms with Crippen molar-refractivity contribution in [3.63, 3.8) is 0 Å². The maximum Gasteiger partial charge on any atom is 0.230 e. The molecule has 4 nitrogen and oxygen atoms in total. The Hall–Kier alpha value is -2.07. The fourth-order valence-electron chi connectivity index (χ4n) is 1.31. The van der Waals surface area contributed by atoms with Gasteiger partial charge in [0.15, 0.2) is 5.57 Å². The molecule has 0 aromatic rings. The first-order chi connectivity index (χ1) is 6.74. The molecule has 0 N–H and O–H groups in total. The lowest BCUT2D eigenvalue weighted by Crippen LogP contribution is -2.31. The fourth-order valence-corrected chi connectivity index (χ4v) is 1.31. The molecule has 0 radical (unpaired) electrons. The molecule has 0 fully saturated rings. The van der Waals surface area contributed by atoms with Crippen LogP contribution in [0.1, 0.15) is 13.3 Å². The second kappa shape index (κ2) is 4.25. The van der Waals surface area contributed by atoms with Gasteiger partial charge in [0, 0.05) is 13.0 Å². The van der Waals surface area contributed by atoms with E-state index in [-0.39, 0.29) is 11.5 Å². The van der Waals surface area contributed by atoms with Gasteiger partial charge in [0.2, 0.25) is 5.91 Å². The Labute approximate surface area is 82.3 Å². The van der Waals surface area contributed by atoms with E-state index in [2.05, 4.69) is 0 Å². The standard InChI is InChI=1S/C10H9N3O/c1-2-13-9(8(6-11)7-12)4-3-5-10(13)14/h3-4H,2,5H2,1H3. The van der Waals surface area contributed by atoms with E-state index < -0.39 is 0 Å². The molecule has 14 heavy (non-hydrogen) atoms. The molecule has 70 valence electrons. The third kappa shape index (κ3) is 1.65. The second-order valence-corrected chi connectivity index (χ2v) is 2.73. The van der Waals surface area contributed by atoms with E-state index in [4.69, 9.17) is 10.5 Å². The predicted molar refractivity (Wildman–Crippen MR) is 49.4 cm³/mol. The molecule has 0 aromatic carbocycles. The van der Waals surface area contributed by atoms with Crippen LogP contribution in [-0.2, 0) is 4.79 Å². The van der Waals surface area contributed by atoms with Crippen molar-refractivity contribution in [2.45, 2.75) is 13.3 Å². The SMILES string of the molecule is CCN1C(=O)CC=CC1=C(C#N)C#N. The highest BCUT2D eigenvalue weighted by atomic mass is 16.2. The lowest BCUT2D eigenvalue weighted by molar-refractivity contribution is -0.128. The smallest absolute Gasteiger partial charge is 0.230 e. The topological polar surface area (TPSA) is 67.9 Å². The average Bonchev–Trinajstić information content (AvgIpc) is 2.20. The Morgan fingerprint density at radius 3 is 2.71 bits per heavy atom. The van der Waals surface area contributed by atoms with Gasteiger partial charge in [-0.25, -0.2) is 0 Å². The van der Waals surface area contributed by atoms with Crippen molar-refractivity contribution in [1.29, 1.82) is 10.5 Å². The minimum atomic E-state index is -0.0759. The van der Waals surface area contributed by atoms with Crippen molar-refractivity contribution in [1.82, 2.24) is 4.90 Å². The van der Waals surface area contributed by atoms with E-state index in [1.165, 1.54) is 4.90 Å². The number of hydrogen-bond donors (Lipinski definition) is 0. The van der Waals surface area contributed by atoms with Crippen LogP contribution in [0.2, 0.25) is 0 Å². The molecular weight excluding hydrogens is 178 g/mol. The molecule has 1 aliphatic heterocycles. The van der Waals surface area contributed by atoms with Gasteiger partial charge in [-0.15, -0.1) is 0 Å². The van der Waals surface area contributed by atoms with Crippen LogP contribution >= 0.6 is 0 Å². The molecule has 1 amide bonds. The minimum Gasteiger partial charge on any atom is -0.310 e. The molecule has 1 aliphatic rings. The number of nitrogens with zero attached hydrogens (tertiary/aromatic N) is 3. The summed E-state index contributed by atoms with van der Waals surface area (Å²) in [5.74, 6) is -0.0759. The van der Waals surface area contributed by atoms with Gasteiger partial charge in [-0.2, -0.15) is 10.5 Å². The highest BCUT2D eigenvalue weighted by molar-refractivity contribution is 5.82. The molecule has 0 unspecified atom stereocenters. The maximum atomic E-state index is 11.4. The Morgan fingerprint density at radius 2 is 2.21 bits per heavy atom. The highest BCUT2D eigenvalue weighted by Gasteiger charge is 2.20. The highest BCUT2D eigenvalue weighted by Crippen LogP contribution is 2.17. The van der Waals surface area contributed by atoms with E-state index in [9.17, 15) is 4.79 Å². The van der Waals surface area contributed by atoms with E-state index in [1.54, 1.807) is 24.3 Å². The van der Waals surface area contributed by atoms with Gasteiger partial charge < -0.3 is 4.90 Å². The largest absolute Gasteiger partial charge is 0.310 e. The van der Waals surface area contributed by atoms with Crippen LogP contribution in [-0.4, -0.2) is 17.4 Å². The summed E-state index contributed by atoms with van der Waals surface area (Å²) in [5.41, 5.74) is 0.393. The van der Waals surface area contributed by atoms with E-state index in [0.717, 1.165) is 0 Å². The van der Waals surface area contributed by atoms with E-state index in [0.29, 0.717) is 18.7 Å². The summed E-state index contributed by atoms with van der Waals surface area (Å²) in [5, 5.41) is 17.4. The van der Waals surface area contributed by atoms with Crippen LogP contribution in [0.25, 0.3) is 0 Å². The number of amides is 1. The summed E-state index contributed by atoms with van der Waals surface area (Å²) in [6, 6.07) is 3.56. The third-order valence-electron chi connectivity index (χ3n) is 1.96. The zero-order chi connectivity index (χ0) is 10.6. The molecular formula is C10H9N3O. The molecule has 1 rings (SSSR count). The van der Waals surface area contributed by atoms with Crippen LogP contribution in [0.4, 0.5) is 0 Å². The van der Waals surface area contributed by atoms with Crippen molar-refractivity contribution in [2.24, 2.45) is 0 Å². The van der Waals surface area contributed by atoms with Crippen LogP contribution < -0.4 is 0 Å². The van der Waals surface area contributed by atoms with E-state index in [1.807, 2.05) is 6.92 Å². The van der Waals surface area contributed by atoms with Gasteiger partial charge >= 0.3 is 0 Å². The van der Waals surface area contributed by atoms with Gasteiger partial charge in [0.25, 0.3) is 0 Å². The predicted octanol–water partition coefficient (Wildman–Crippen LogP) is 1.10. The molecule has 4 heteroatoms. The average molecular weight is 187 g/mol. The van der Waals surface area contributed by atoms with Crippen molar-refractivity contribution in [3.8, 4) is 12.1 Å². The van der Waals surface area contributed by atoms with Crippen molar-refractivity contribution in [3.05, 3.63) is 23.4 Å². The van der Waals surface area contributed by atoms with Gasteiger partial charge in [0.05, 0.1) is 5.70 Å². The lowest BCUT2D eigenvalue weighted by Gasteiger charge is -2.24. The molecule has 0 aromatic heterocycles. The van der Waals surface area contributed by atoms with Crippen molar-refractivity contribution >= 4 is 5.91 Å². The summed E-state index contributed by atoms with van der Waals surface area (Å²) < 4.78 is 0. The monoisotopic (exact) mass is 187 g/mol. The lowest BCUT2D eigenvalue weighted by atomic mass is 10.1. The van der Waals surface area contributed by atoms with Crippen LogP contribution in [0.3, 0.4) is 0 Å². The summed E-state index contributed by atoms with van der Waals surface area (Å²) >= 11 is 0. The van der Waals surface area contributed by atoms with Gasteiger partial charge in [-0.3, -0.25) is 4.79 Å². The first kappa shape index (κ1) is 10.0. The first-order valence-electron chi connectivity index (χ1n) is 4.26. The number of rotatable bonds is 1. The fraction of sp³-hybridized carbons (Fsp3) is 0.300. The van der Waals surface area contributed by atoms with Crippen LogP contribution in [0.5, 0.6) is 0 Å². The Kier molecular flexibility index (Phi) is 3.04. The Balaban J connectivity index is 3.22. The zero-order valence-corrected chi connectivity index (χ0v) is 7.82. The van der Waals surface area contributed by atoms with Crippen LogP contribution in [0.15, 0.2) is 23.4 Å². The molecule has 1 heterocycles. The molecule has 0 saturated heterocycles.